The van der Waals surface area contributed by atoms with Crippen LogP contribution >= 0.6 is 0 Å². The van der Waals surface area contributed by atoms with E-state index in [1.165, 1.54) is 22.6 Å². The number of piperidine rings is 1. The van der Waals surface area contributed by atoms with Gasteiger partial charge in [-0.3, -0.25) is 4.79 Å². The third-order valence-electron chi connectivity index (χ3n) is 6.01. The van der Waals surface area contributed by atoms with Crippen molar-refractivity contribution >= 4 is 15.9 Å². The van der Waals surface area contributed by atoms with Crippen LogP contribution in [0.2, 0.25) is 0 Å². The van der Waals surface area contributed by atoms with E-state index in [2.05, 4.69) is 4.98 Å². The number of hydrogen-bond acceptors (Lipinski definition) is 7. The number of amides is 1. The highest BCUT2D eigenvalue weighted by molar-refractivity contribution is 7.89. The van der Waals surface area contributed by atoms with Crippen molar-refractivity contribution in [2.45, 2.75) is 11.3 Å². The third kappa shape index (κ3) is 3.82. The summed E-state index contributed by atoms with van der Waals surface area (Å²) in [4.78, 5) is 18.8. The molecule has 1 aliphatic carbocycles. The maximum Gasteiger partial charge on any atom is 0.244 e. The number of rotatable bonds is 7. The summed E-state index contributed by atoms with van der Waals surface area (Å²) >= 11 is 0. The molecule has 1 amide bonds. The molecule has 3 aliphatic rings. The standard InChI is InChI=1S/C19H25FN4O5S/c20-8-14(9-21)12-29-17-2-1-16(10-22-17)30(26,27)24-11-15-7-19(15,13-24)18(25)23-3-5-28-6-4-23/h1-2,8,10,15H,3-7,9,11-13,21H2/t15-,19-/m1/s1. The van der Waals surface area contributed by atoms with E-state index < -0.39 is 15.4 Å². The Morgan fingerprint density at radius 3 is 2.80 bits per heavy atom. The molecule has 0 unspecified atom stereocenters. The van der Waals surface area contributed by atoms with E-state index in [1.807, 2.05) is 0 Å². The lowest BCUT2D eigenvalue weighted by Crippen LogP contribution is -2.46. The smallest absolute Gasteiger partial charge is 0.244 e. The summed E-state index contributed by atoms with van der Waals surface area (Å²) < 4.78 is 50.6. The van der Waals surface area contributed by atoms with Gasteiger partial charge in [-0.15, -0.1) is 0 Å². The molecule has 0 aromatic carbocycles. The zero-order chi connectivity index (χ0) is 21.4. The predicted octanol–water partition coefficient (Wildman–Crippen LogP) is 0.142. The van der Waals surface area contributed by atoms with Crippen molar-refractivity contribution in [3.05, 3.63) is 30.2 Å². The first kappa shape index (κ1) is 21.2. The van der Waals surface area contributed by atoms with E-state index in [0.29, 0.717) is 39.2 Å². The van der Waals surface area contributed by atoms with Crippen LogP contribution in [0.1, 0.15) is 6.42 Å². The Kier molecular flexibility index (Phi) is 5.80. The highest BCUT2D eigenvalue weighted by Gasteiger charge is 2.67. The van der Waals surface area contributed by atoms with Gasteiger partial charge in [0.05, 0.1) is 31.2 Å². The van der Waals surface area contributed by atoms with Crippen LogP contribution in [0.3, 0.4) is 0 Å². The van der Waals surface area contributed by atoms with Crippen LogP contribution in [0.25, 0.3) is 0 Å². The van der Waals surface area contributed by atoms with E-state index in [0.717, 1.165) is 6.42 Å². The summed E-state index contributed by atoms with van der Waals surface area (Å²) in [5.41, 5.74) is 5.03. The van der Waals surface area contributed by atoms with Gasteiger partial charge in [-0.2, -0.15) is 4.31 Å². The minimum atomic E-state index is -3.77. The highest BCUT2D eigenvalue weighted by atomic mass is 32.2. The van der Waals surface area contributed by atoms with Gasteiger partial charge < -0.3 is 20.1 Å². The Labute approximate surface area is 174 Å². The van der Waals surface area contributed by atoms with Crippen molar-refractivity contribution in [3.8, 4) is 5.88 Å². The Bertz CT molecular complexity index is 933. The molecule has 1 saturated carbocycles. The van der Waals surface area contributed by atoms with Crippen molar-refractivity contribution in [3.63, 3.8) is 0 Å². The predicted molar refractivity (Wildman–Crippen MR) is 105 cm³/mol. The number of carbonyl (C=O) groups is 1. The molecule has 2 atom stereocenters. The molecule has 0 bridgehead atoms. The molecule has 0 spiro atoms. The van der Waals surface area contributed by atoms with Crippen molar-refractivity contribution in [1.82, 2.24) is 14.2 Å². The van der Waals surface area contributed by atoms with E-state index in [1.54, 1.807) is 4.90 Å². The number of sulfonamides is 1. The quantitative estimate of drug-likeness (QED) is 0.641. The number of pyridine rings is 1. The Morgan fingerprint density at radius 1 is 1.40 bits per heavy atom. The molecule has 4 rings (SSSR count). The first-order valence-corrected chi connectivity index (χ1v) is 11.3. The molecule has 11 heteroatoms. The fraction of sp³-hybridized carbons (Fsp3) is 0.579. The topological polar surface area (TPSA) is 115 Å². The van der Waals surface area contributed by atoms with Crippen LogP contribution in [0.4, 0.5) is 4.39 Å². The number of hydrogen-bond donors (Lipinski definition) is 1. The van der Waals surface area contributed by atoms with E-state index >= 15 is 0 Å². The fourth-order valence-electron chi connectivity index (χ4n) is 4.09. The third-order valence-corrected chi connectivity index (χ3v) is 7.80. The number of aromatic nitrogens is 1. The Hall–Kier alpha value is -2.08. The van der Waals surface area contributed by atoms with Gasteiger partial charge in [0.2, 0.25) is 21.8 Å². The van der Waals surface area contributed by atoms with Crippen LogP contribution in [-0.2, 0) is 19.6 Å². The van der Waals surface area contributed by atoms with Crippen LogP contribution < -0.4 is 10.5 Å². The summed E-state index contributed by atoms with van der Waals surface area (Å²) in [6.45, 7) is 2.61. The SMILES string of the molecule is NCC(=CF)COc1ccc(S(=O)(=O)N2C[C@H]3C[C@@]3(C(=O)N3CCOCC3)C2)cn1. The van der Waals surface area contributed by atoms with Crippen molar-refractivity contribution in [2.24, 2.45) is 17.1 Å². The minimum Gasteiger partial charge on any atom is -0.473 e. The maximum atomic E-state index is 13.0. The van der Waals surface area contributed by atoms with Gasteiger partial charge in [0, 0.05) is 44.4 Å². The second-order valence-corrected chi connectivity index (χ2v) is 9.79. The average molecular weight is 440 g/mol. The monoisotopic (exact) mass is 440 g/mol. The van der Waals surface area contributed by atoms with Gasteiger partial charge in [0.25, 0.3) is 0 Å². The molecule has 3 heterocycles. The number of nitrogens with zero attached hydrogens (tertiary/aromatic N) is 3. The molecular formula is C19H25FN4O5S. The van der Waals surface area contributed by atoms with Gasteiger partial charge >= 0.3 is 0 Å². The van der Waals surface area contributed by atoms with Gasteiger partial charge in [0.15, 0.2) is 0 Å². The first-order chi connectivity index (χ1) is 14.4. The molecule has 1 aromatic heterocycles. The Morgan fingerprint density at radius 2 is 2.17 bits per heavy atom. The molecule has 164 valence electrons. The van der Waals surface area contributed by atoms with Crippen LogP contribution in [0.5, 0.6) is 5.88 Å². The largest absolute Gasteiger partial charge is 0.473 e. The van der Waals surface area contributed by atoms with Crippen LogP contribution in [0.15, 0.2) is 35.1 Å². The fourth-order valence-corrected chi connectivity index (χ4v) is 5.59. The van der Waals surface area contributed by atoms with Gasteiger partial charge in [-0.25, -0.2) is 17.8 Å². The molecule has 2 N–H and O–H groups in total. The van der Waals surface area contributed by atoms with Crippen molar-refractivity contribution < 1.29 is 27.1 Å². The van der Waals surface area contributed by atoms with E-state index in [-0.39, 0.29) is 47.9 Å². The lowest BCUT2D eigenvalue weighted by atomic mass is 10.0. The molecule has 2 saturated heterocycles. The van der Waals surface area contributed by atoms with Crippen LogP contribution in [0, 0.1) is 11.3 Å². The summed E-state index contributed by atoms with van der Waals surface area (Å²) in [5, 5.41) is 0. The summed E-state index contributed by atoms with van der Waals surface area (Å²) in [5.74, 6) is 0.261. The lowest BCUT2D eigenvalue weighted by Gasteiger charge is -2.30. The molecule has 9 nitrogen and oxygen atoms in total. The average Bonchev–Trinajstić information content (AvgIpc) is 3.35. The number of nitrogens with two attached hydrogens (primary N) is 1. The number of fused-ring (bicyclic) bond motifs is 1. The van der Waals surface area contributed by atoms with Crippen molar-refractivity contribution in [1.29, 1.82) is 0 Å². The summed E-state index contributed by atoms with van der Waals surface area (Å²) in [7, 11) is -3.77. The molecule has 1 aromatic rings. The molecule has 2 aliphatic heterocycles. The summed E-state index contributed by atoms with van der Waals surface area (Å²) in [6.07, 6.45) is 2.32. The number of morpholine rings is 1. The zero-order valence-electron chi connectivity index (χ0n) is 16.5. The number of carbonyl (C=O) groups excluding carboxylic acids is 1. The number of halogens is 1. The molecule has 3 fully saturated rings. The molecule has 0 radical (unpaired) electrons. The maximum absolute atomic E-state index is 13.0. The molecule has 30 heavy (non-hydrogen) atoms. The van der Waals surface area contributed by atoms with Gasteiger partial charge in [-0.05, 0) is 18.4 Å². The first-order valence-electron chi connectivity index (χ1n) is 9.85. The second-order valence-electron chi connectivity index (χ2n) is 7.85. The van der Waals surface area contributed by atoms with Crippen LogP contribution in [-0.4, -0.2) is 81.1 Å². The number of ether oxygens (including phenoxy) is 2. The van der Waals surface area contributed by atoms with E-state index in [9.17, 15) is 17.6 Å². The zero-order valence-corrected chi connectivity index (χ0v) is 17.3. The normalized spacial score (nSPS) is 27.1. The lowest BCUT2D eigenvalue weighted by molar-refractivity contribution is -0.141. The second kappa shape index (κ2) is 8.22. The Balaban J connectivity index is 1.41. The van der Waals surface area contributed by atoms with Crippen molar-refractivity contribution in [2.75, 3.05) is 52.5 Å². The minimum absolute atomic E-state index is 0.0179. The molecular weight excluding hydrogens is 415 g/mol. The van der Waals surface area contributed by atoms with E-state index in [4.69, 9.17) is 15.2 Å². The highest BCUT2D eigenvalue weighted by Crippen LogP contribution is 2.59. The summed E-state index contributed by atoms with van der Waals surface area (Å²) in [6, 6.07) is 2.82. The van der Waals surface area contributed by atoms with Gasteiger partial charge in [0.1, 0.15) is 11.5 Å². The van der Waals surface area contributed by atoms with Gasteiger partial charge in [-0.1, -0.05) is 0 Å².